The summed E-state index contributed by atoms with van der Waals surface area (Å²) in [5.41, 5.74) is -1.74. The van der Waals surface area contributed by atoms with Crippen LogP contribution >= 0.6 is 15.9 Å². The largest absolute Gasteiger partial charge is 0.481 e. The normalized spacial score (nSPS) is 16.6. The zero-order valence-corrected chi connectivity index (χ0v) is 13.5. The summed E-state index contributed by atoms with van der Waals surface area (Å²) in [6, 6.07) is 0. The van der Waals surface area contributed by atoms with E-state index in [-0.39, 0.29) is 17.5 Å². The Labute approximate surface area is 125 Å². The third kappa shape index (κ3) is 3.89. The Balaban J connectivity index is 2.74. The van der Waals surface area contributed by atoms with Gasteiger partial charge < -0.3 is 9.84 Å². The standard InChI is InChI=1S/C13H18BrNO5/c1-12(2,7-20-13(3,4)6-10(17)18)15-9(16)5-8(14)11(15)19/h5H,6-7H2,1-4H3,(H,17,18). The number of aliphatic carboxylic acids is 1. The van der Waals surface area contributed by atoms with Crippen molar-refractivity contribution in [3.63, 3.8) is 0 Å². The number of carbonyl (C=O) groups is 3. The highest BCUT2D eigenvalue weighted by molar-refractivity contribution is 9.12. The first kappa shape index (κ1) is 16.8. The van der Waals surface area contributed by atoms with Crippen molar-refractivity contribution < 1.29 is 24.2 Å². The third-order valence-electron chi connectivity index (χ3n) is 2.88. The number of nitrogens with zero attached hydrogens (tertiary/aromatic N) is 1. The van der Waals surface area contributed by atoms with E-state index >= 15 is 0 Å². The van der Waals surface area contributed by atoms with Gasteiger partial charge in [0.05, 0.1) is 28.7 Å². The summed E-state index contributed by atoms with van der Waals surface area (Å²) < 4.78 is 5.79. The predicted octanol–water partition coefficient (Wildman–Crippen LogP) is 1.68. The smallest absolute Gasteiger partial charge is 0.306 e. The molecule has 0 fully saturated rings. The van der Waals surface area contributed by atoms with E-state index in [2.05, 4.69) is 15.9 Å². The molecule has 6 nitrogen and oxygen atoms in total. The number of ether oxygens (including phenoxy) is 1. The molecule has 0 aromatic heterocycles. The molecule has 1 rings (SSSR count). The van der Waals surface area contributed by atoms with Gasteiger partial charge in [-0.15, -0.1) is 0 Å². The zero-order chi connectivity index (χ0) is 15.7. The highest BCUT2D eigenvalue weighted by Gasteiger charge is 2.41. The number of carboxylic acids is 1. The zero-order valence-electron chi connectivity index (χ0n) is 11.9. The van der Waals surface area contributed by atoms with Crippen LogP contribution in [0.2, 0.25) is 0 Å². The minimum Gasteiger partial charge on any atom is -0.481 e. The van der Waals surface area contributed by atoms with E-state index in [1.54, 1.807) is 27.7 Å². The van der Waals surface area contributed by atoms with Crippen LogP contribution in [0.5, 0.6) is 0 Å². The molecule has 0 aliphatic carbocycles. The first-order valence-corrected chi connectivity index (χ1v) is 6.87. The molecule has 0 aromatic carbocycles. The Morgan fingerprint density at radius 3 is 2.30 bits per heavy atom. The van der Waals surface area contributed by atoms with Crippen molar-refractivity contribution in [3.05, 3.63) is 10.6 Å². The van der Waals surface area contributed by atoms with Crippen LogP contribution in [0.15, 0.2) is 10.6 Å². The molecule has 1 N–H and O–H groups in total. The van der Waals surface area contributed by atoms with Crippen LogP contribution in [-0.4, -0.2) is 45.5 Å². The van der Waals surface area contributed by atoms with E-state index in [9.17, 15) is 14.4 Å². The number of amides is 2. The number of rotatable bonds is 6. The average molecular weight is 348 g/mol. The molecule has 20 heavy (non-hydrogen) atoms. The van der Waals surface area contributed by atoms with Crippen LogP contribution < -0.4 is 0 Å². The third-order valence-corrected chi connectivity index (χ3v) is 3.44. The highest BCUT2D eigenvalue weighted by atomic mass is 79.9. The van der Waals surface area contributed by atoms with Gasteiger partial charge in [-0.3, -0.25) is 19.3 Å². The van der Waals surface area contributed by atoms with Gasteiger partial charge in [-0.25, -0.2) is 0 Å². The SMILES string of the molecule is CC(C)(CC(=O)O)OCC(C)(C)N1C(=O)C=C(Br)C1=O. The van der Waals surface area contributed by atoms with E-state index in [1.165, 1.54) is 6.08 Å². The van der Waals surface area contributed by atoms with Crippen molar-refractivity contribution in [1.82, 2.24) is 4.90 Å². The van der Waals surface area contributed by atoms with Gasteiger partial charge in [0.25, 0.3) is 11.8 Å². The summed E-state index contributed by atoms with van der Waals surface area (Å²) in [4.78, 5) is 35.5. The van der Waals surface area contributed by atoms with Crippen molar-refractivity contribution in [2.75, 3.05) is 6.61 Å². The lowest BCUT2D eigenvalue weighted by molar-refractivity contribution is -0.154. The monoisotopic (exact) mass is 347 g/mol. The molecule has 1 heterocycles. The summed E-state index contributed by atoms with van der Waals surface area (Å²) in [7, 11) is 0. The summed E-state index contributed by atoms with van der Waals surface area (Å²) >= 11 is 3.03. The number of carbonyl (C=O) groups excluding carboxylic acids is 2. The Kier molecular flexibility index (Phi) is 4.76. The van der Waals surface area contributed by atoms with Gasteiger partial charge in [0, 0.05) is 6.08 Å². The van der Waals surface area contributed by atoms with Crippen LogP contribution in [0.3, 0.4) is 0 Å². The van der Waals surface area contributed by atoms with Crippen LogP contribution in [0.4, 0.5) is 0 Å². The van der Waals surface area contributed by atoms with Gasteiger partial charge in [0.2, 0.25) is 0 Å². The summed E-state index contributed by atoms with van der Waals surface area (Å²) in [6.07, 6.45) is 1.05. The van der Waals surface area contributed by atoms with E-state index in [0.29, 0.717) is 0 Å². The van der Waals surface area contributed by atoms with Gasteiger partial charge in [-0.1, -0.05) is 0 Å². The number of imide groups is 1. The number of hydrogen-bond donors (Lipinski definition) is 1. The van der Waals surface area contributed by atoms with Crippen LogP contribution in [0, 0.1) is 0 Å². The summed E-state index contributed by atoms with van der Waals surface area (Å²) in [6.45, 7) is 6.75. The summed E-state index contributed by atoms with van der Waals surface area (Å²) in [5.74, 6) is -1.79. The maximum Gasteiger partial charge on any atom is 0.306 e. The lowest BCUT2D eigenvalue weighted by atomic mass is 10.0. The fourth-order valence-electron chi connectivity index (χ4n) is 1.87. The first-order chi connectivity index (χ1) is 8.96. The number of hydrogen-bond acceptors (Lipinski definition) is 4. The minimum absolute atomic E-state index is 0.0544. The molecule has 7 heteroatoms. The van der Waals surface area contributed by atoms with Crippen molar-refractivity contribution in [2.24, 2.45) is 0 Å². The molecule has 0 unspecified atom stereocenters. The second-order valence-electron chi connectivity index (χ2n) is 5.90. The first-order valence-electron chi connectivity index (χ1n) is 6.08. The second kappa shape index (κ2) is 5.65. The van der Waals surface area contributed by atoms with Crippen molar-refractivity contribution in [2.45, 2.75) is 45.3 Å². The topological polar surface area (TPSA) is 83.9 Å². The van der Waals surface area contributed by atoms with Gasteiger partial charge in [-0.2, -0.15) is 0 Å². The van der Waals surface area contributed by atoms with Crippen LogP contribution in [-0.2, 0) is 19.1 Å². The van der Waals surface area contributed by atoms with Crippen molar-refractivity contribution in [1.29, 1.82) is 0 Å². The maximum absolute atomic E-state index is 11.9. The number of halogens is 1. The quantitative estimate of drug-likeness (QED) is 0.739. The predicted molar refractivity (Wildman–Crippen MR) is 75.2 cm³/mol. The van der Waals surface area contributed by atoms with Gasteiger partial charge in [0.1, 0.15) is 0 Å². The molecule has 0 saturated carbocycles. The number of carboxylic acid groups (broad SMARTS) is 1. The molecular weight excluding hydrogens is 330 g/mol. The van der Waals surface area contributed by atoms with E-state index in [4.69, 9.17) is 9.84 Å². The van der Waals surface area contributed by atoms with Gasteiger partial charge in [0.15, 0.2) is 0 Å². The lowest BCUT2D eigenvalue weighted by Crippen LogP contribution is -2.52. The van der Waals surface area contributed by atoms with Crippen molar-refractivity contribution >= 4 is 33.7 Å². The molecule has 1 aliphatic rings. The van der Waals surface area contributed by atoms with E-state index in [1.807, 2.05) is 0 Å². The van der Waals surface area contributed by atoms with Crippen LogP contribution in [0.25, 0.3) is 0 Å². The molecule has 0 spiro atoms. The Morgan fingerprint density at radius 1 is 1.35 bits per heavy atom. The minimum atomic E-state index is -0.967. The maximum atomic E-state index is 11.9. The molecule has 0 radical (unpaired) electrons. The fraction of sp³-hybridized carbons (Fsp3) is 0.615. The van der Waals surface area contributed by atoms with E-state index in [0.717, 1.165) is 4.90 Å². The molecular formula is C13H18BrNO5. The Hall–Kier alpha value is -1.21. The lowest BCUT2D eigenvalue weighted by Gasteiger charge is -2.36. The molecule has 0 bridgehead atoms. The van der Waals surface area contributed by atoms with Gasteiger partial charge >= 0.3 is 5.97 Å². The highest BCUT2D eigenvalue weighted by Crippen LogP contribution is 2.28. The summed E-state index contributed by atoms with van der Waals surface area (Å²) in [5, 5.41) is 8.80. The van der Waals surface area contributed by atoms with Gasteiger partial charge in [-0.05, 0) is 43.6 Å². The van der Waals surface area contributed by atoms with Crippen molar-refractivity contribution in [3.8, 4) is 0 Å². The molecule has 0 saturated heterocycles. The Bertz CT molecular complexity index is 481. The Morgan fingerprint density at radius 2 is 1.90 bits per heavy atom. The van der Waals surface area contributed by atoms with E-state index < -0.39 is 28.9 Å². The second-order valence-corrected chi connectivity index (χ2v) is 6.76. The van der Waals surface area contributed by atoms with Crippen LogP contribution in [0.1, 0.15) is 34.1 Å². The fourth-order valence-corrected chi connectivity index (χ4v) is 2.24. The molecule has 1 aliphatic heterocycles. The molecule has 112 valence electrons. The molecule has 2 amide bonds. The average Bonchev–Trinajstić information content (AvgIpc) is 2.49. The molecule has 0 aromatic rings. The molecule has 0 atom stereocenters.